The van der Waals surface area contributed by atoms with Gasteiger partial charge in [-0.25, -0.2) is 4.39 Å². The van der Waals surface area contributed by atoms with E-state index in [4.69, 9.17) is 16.4 Å². The Morgan fingerprint density at radius 3 is 2.41 bits per heavy atom. The molecule has 0 aliphatic carbocycles. The predicted octanol–water partition coefficient (Wildman–Crippen LogP) is 5.21. The van der Waals surface area contributed by atoms with Crippen LogP contribution in [0.4, 0.5) is 10.1 Å². The first-order valence-electron chi connectivity index (χ1n) is 9.21. The van der Waals surface area contributed by atoms with Crippen molar-refractivity contribution >= 4 is 28.9 Å². The zero-order valence-electron chi connectivity index (χ0n) is 15.5. The van der Waals surface area contributed by atoms with E-state index in [-0.39, 0.29) is 22.9 Å². The lowest BCUT2D eigenvalue weighted by Crippen LogP contribution is -2.39. The number of hydrogen-bond acceptors (Lipinski definition) is 3. The summed E-state index contributed by atoms with van der Waals surface area (Å²) in [5.41, 5.74) is 2.25. The topological polar surface area (TPSA) is 41.9 Å². The number of carbonyl (C=O) groups excluding carboxylic acids is 1. The molecule has 3 aromatic carbocycles. The number of hydrogen-bond donors (Lipinski definition) is 0. The first-order valence-corrected chi connectivity index (χ1v) is 9.58. The van der Waals surface area contributed by atoms with Crippen molar-refractivity contribution in [3.05, 3.63) is 101 Å². The van der Waals surface area contributed by atoms with Crippen molar-refractivity contribution in [1.82, 2.24) is 0 Å². The molecule has 0 spiro atoms. The second-order valence-corrected chi connectivity index (χ2v) is 7.09. The Balaban J connectivity index is 1.57. The smallest absolute Gasteiger partial charge is 0.271 e. The third-order valence-corrected chi connectivity index (χ3v) is 5.03. The number of benzene rings is 3. The van der Waals surface area contributed by atoms with E-state index in [1.54, 1.807) is 11.0 Å². The van der Waals surface area contributed by atoms with Crippen molar-refractivity contribution in [2.24, 2.45) is 5.16 Å². The fourth-order valence-electron chi connectivity index (χ4n) is 3.28. The van der Waals surface area contributed by atoms with Crippen molar-refractivity contribution in [2.45, 2.75) is 19.1 Å². The van der Waals surface area contributed by atoms with E-state index in [2.05, 4.69) is 5.16 Å². The minimum atomic E-state index is -0.843. The molecule has 146 valence electrons. The molecule has 1 aliphatic heterocycles. The molecular formula is C23H18ClFN2O2. The molecule has 0 fully saturated rings. The maximum absolute atomic E-state index is 14.2. The number of rotatable bonds is 5. The van der Waals surface area contributed by atoms with Gasteiger partial charge in [0.15, 0.2) is 0 Å². The number of nitrogens with zero attached hydrogens (tertiary/aromatic N) is 2. The van der Waals surface area contributed by atoms with E-state index in [0.29, 0.717) is 12.3 Å². The Morgan fingerprint density at radius 2 is 1.72 bits per heavy atom. The van der Waals surface area contributed by atoms with Crippen LogP contribution in [0.5, 0.6) is 0 Å². The Labute approximate surface area is 173 Å². The summed E-state index contributed by atoms with van der Waals surface area (Å²) in [5.74, 6) is -0.733. The van der Waals surface area contributed by atoms with Gasteiger partial charge in [0.25, 0.3) is 5.91 Å². The summed E-state index contributed by atoms with van der Waals surface area (Å²) in [5, 5.41) is 4.20. The maximum atomic E-state index is 14.2. The minimum absolute atomic E-state index is 0.150. The molecule has 0 radical (unpaired) electrons. The van der Waals surface area contributed by atoms with Crippen LogP contribution in [0.3, 0.4) is 0 Å². The van der Waals surface area contributed by atoms with Crippen molar-refractivity contribution in [1.29, 1.82) is 0 Å². The number of anilines is 1. The summed E-state index contributed by atoms with van der Waals surface area (Å²) in [4.78, 5) is 20.4. The second-order valence-electron chi connectivity index (χ2n) is 6.68. The summed E-state index contributed by atoms with van der Waals surface area (Å²) < 4.78 is 14.2. The van der Waals surface area contributed by atoms with Gasteiger partial charge < -0.3 is 9.74 Å². The molecule has 0 aromatic heterocycles. The van der Waals surface area contributed by atoms with Gasteiger partial charge in [-0.2, -0.15) is 0 Å². The van der Waals surface area contributed by atoms with Gasteiger partial charge in [-0.15, -0.1) is 0 Å². The van der Waals surface area contributed by atoms with E-state index in [1.165, 1.54) is 12.1 Å². The largest absolute Gasteiger partial charge is 0.382 e. The zero-order valence-corrected chi connectivity index (χ0v) is 16.2. The average Bonchev–Trinajstić information content (AvgIpc) is 3.22. The Kier molecular flexibility index (Phi) is 5.58. The Morgan fingerprint density at radius 1 is 1.03 bits per heavy atom. The van der Waals surface area contributed by atoms with Crippen LogP contribution in [0.2, 0.25) is 5.02 Å². The first-order chi connectivity index (χ1) is 14.1. The van der Waals surface area contributed by atoms with Gasteiger partial charge in [0.05, 0.1) is 22.8 Å². The molecule has 29 heavy (non-hydrogen) atoms. The molecule has 6 heteroatoms. The van der Waals surface area contributed by atoms with E-state index in [1.807, 2.05) is 60.7 Å². The van der Waals surface area contributed by atoms with Crippen LogP contribution in [0.15, 0.2) is 84.0 Å². The Bertz CT molecular complexity index is 1020. The highest BCUT2D eigenvalue weighted by Crippen LogP contribution is 2.27. The van der Waals surface area contributed by atoms with Crippen LogP contribution in [0.1, 0.15) is 17.5 Å². The molecule has 0 saturated carbocycles. The quantitative estimate of drug-likeness (QED) is 0.581. The van der Waals surface area contributed by atoms with Crippen LogP contribution in [0.25, 0.3) is 0 Å². The van der Waals surface area contributed by atoms with Crippen molar-refractivity contribution in [2.75, 3.05) is 4.90 Å². The van der Waals surface area contributed by atoms with Crippen molar-refractivity contribution in [3.8, 4) is 0 Å². The molecule has 1 amide bonds. The van der Waals surface area contributed by atoms with Gasteiger partial charge in [-0.1, -0.05) is 71.4 Å². The monoisotopic (exact) mass is 408 g/mol. The van der Waals surface area contributed by atoms with Crippen LogP contribution < -0.4 is 4.90 Å². The highest BCUT2D eigenvalue weighted by atomic mass is 35.5. The fourth-order valence-corrected chi connectivity index (χ4v) is 3.55. The molecule has 1 unspecified atom stereocenters. The fraction of sp³-hybridized carbons (Fsp3) is 0.130. The summed E-state index contributed by atoms with van der Waals surface area (Å²) in [6.45, 7) is 0.388. The average molecular weight is 409 g/mol. The third-order valence-electron chi connectivity index (χ3n) is 4.71. The molecule has 1 heterocycles. The van der Waals surface area contributed by atoms with Crippen molar-refractivity contribution < 1.29 is 14.0 Å². The Hall–Kier alpha value is -3.18. The molecule has 0 N–H and O–H groups in total. The molecule has 0 saturated heterocycles. The minimum Gasteiger partial charge on any atom is -0.382 e. The van der Waals surface area contributed by atoms with Gasteiger partial charge in [0.1, 0.15) is 5.82 Å². The lowest BCUT2D eigenvalue weighted by molar-refractivity contribution is -0.128. The molecule has 1 aliphatic rings. The summed E-state index contributed by atoms with van der Waals surface area (Å²) in [6, 6.07) is 23.5. The van der Waals surface area contributed by atoms with Gasteiger partial charge >= 0.3 is 0 Å². The highest BCUT2D eigenvalue weighted by Gasteiger charge is 2.34. The van der Waals surface area contributed by atoms with Crippen LogP contribution in [0, 0.1) is 5.82 Å². The molecule has 0 bridgehead atoms. The number of halogens is 2. The van der Waals surface area contributed by atoms with Crippen molar-refractivity contribution in [3.63, 3.8) is 0 Å². The van der Waals surface area contributed by atoms with Crippen LogP contribution in [-0.4, -0.2) is 17.7 Å². The summed E-state index contributed by atoms with van der Waals surface area (Å²) in [6.07, 6.45) is -0.693. The van der Waals surface area contributed by atoms with E-state index < -0.39 is 11.9 Å². The van der Waals surface area contributed by atoms with Gasteiger partial charge in [0.2, 0.25) is 6.10 Å². The standard InChI is InChI=1S/C23H18ClFN2O2/c24-18-12-7-13-19(25)22(18)20-14-21(29-26-20)23(28)27(17-10-5-2-6-11-17)15-16-8-3-1-4-9-16/h1-13,21H,14-15H2. The maximum Gasteiger partial charge on any atom is 0.271 e. The molecular weight excluding hydrogens is 391 g/mol. The number of carbonyl (C=O) groups is 1. The number of oxime groups is 1. The molecule has 3 aromatic rings. The SMILES string of the molecule is O=C(C1CC(c2c(F)cccc2Cl)=NO1)N(Cc1ccccc1)c1ccccc1. The first kappa shape index (κ1) is 19.2. The normalized spacial score (nSPS) is 15.5. The lowest BCUT2D eigenvalue weighted by Gasteiger charge is -2.25. The van der Waals surface area contributed by atoms with E-state index >= 15 is 0 Å². The zero-order chi connectivity index (χ0) is 20.2. The summed E-state index contributed by atoms with van der Waals surface area (Å²) >= 11 is 6.13. The van der Waals surface area contributed by atoms with Gasteiger partial charge in [-0.3, -0.25) is 4.79 Å². The number of amides is 1. The molecule has 4 nitrogen and oxygen atoms in total. The van der Waals surface area contributed by atoms with Crippen LogP contribution in [-0.2, 0) is 16.2 Å². The highest BCUT2D eigenvalue weighted by molar-refractivity contribution is 6.34. The second kappa shape index (κ2) is 8.45. The number of para-hydroxylation sites is 1. The summed E-state index contributed by atoms with van der Waals surface area (Å²) in [7, 11) is 0. The predicted molar refractivity (Wildman–Crippen MR) is 112 cm³/mol. The van der Waals surface area contributed by atoms with E-state index in [0.717, 1.165) is 11.3 Å². The van der Waals surface area contributed by atoms with Gasteiger partial charge in [0, 0.05) is 12.1 Å². The van der Waals surface area contributed by atoms with Gasteiger partial charge in [-0.05, 0) is 29.8 Å². The molecule has 1 atom stereocenters. The van der Waals surface area contributed by atoms with Crippen LogP contribution >= 0.6 is 11.6 Å². The van der Waals surface area contributed by atoms with E-state index in [9.17, 15) is 9.18 Å². The molecule has 4 rings (SSSR count). The third kappa shape index (κ3) is 4.15. The lowest BCUT2D eigenvalue weighted by atomic mass is 10.0.